The van der Waals surface area contributed by atoms with Gasteiger partial charge in [0.15, 0.2) is 0 Å². The van der Waals surface area contributed by atoms with E-state index in [0.717, 1.165) is 16.6 Å². The van der Waals surface area contributed by atoms with E-state index in [0.29, 0.717) is 12.2 Å². The summed E-state index contributed by atoms with van der Waals surface area (Å²) in [5, 5.41) is 2.94. The number of aromatic nitrogens is 1. The van der Waals surface area contributed by atoms with Crippen molar-refractivity contribution >= 4 is 21.8 Å². The number of nitrogens with zero attached hydrogens (tertiary/aromatic N) is 1. The Bertz CT molecular complexity index is 658. The van der Waals surface area contributed by atoms with E-state index in [9.17, 15) is 4.79 Å². The van der Waals surface area contributed by atoms with Gasteiger partial charge in [-0.2, -0.15) is 0 Å². The molecule has 4 nitrogen and oxygen atoms in total. The van der Waals surface area contributed by atoms with Crippen LogP contribution in [-0.2, 0) is 13.1 Å². The zero-order chi connectivity index (χ0) is 16.8. The first-order chi connectivity index (χ1) is 11.7. The van der Waals surface area contributed by atoms with Crippen LogP contribution >= 0.6 is 15.9 Å². The first-order valence-corrected chi connectivity index (χ1v) is 9.42. The van der Waals surface area contributed by atoms with Crippen LogP contribution in [0, 0.1) is 0 Å². The molecule has 2 aromatic rings. The van der Waals surface area contributed by atoms with Crippen molar-refractivity contribution in [3.8, 4) is 0 Å². The Morgan fingerprint density at radius 1 is 1.08 bits per heavy atom. The lowest BCUT2D eigenvalue weighted by Crippen LogP contribution is -2.24. The SMILES string of the molecule is O=C(NCc1ccc(CN2CCCCCC2)cc1)c1cc(Br)c[nH]1. The van der Waals surface area contributed by atoms with Gasteiger partial charge in [-0.15, -0.1) is 0 Å². The number of amides is 1. The van der Waals surface area contributed by atoms with E-state index in [2.05, 4.69) is 55.4 Å². The van der Waals surface area contributed by atoms with Gasteiger partial charge < -0.3 is 10.3 Å². The average Bonchev–Trinajstić information content (AvgIpc) is 2.87. The molecule has 2 heterocycles. The summed E-state index contributed by atoms with van der Waals surface area (Å²) in [5.41, 5.74) is 3.04. The van der Waals surface area contributed by atoms with Crippen LogP contribution in [0.1, 0.15) is 47.3 Å². The first kappa shape index (κ1) is 17.2. The highest BCUT2D eigenvalue weighted by Crippen LogP contribution is 2.14. The van der Waals surface area contributed by atoms with Gasteiger partial charge in [0.05, 0.1) is 0 Å². The molecule has 1 aromatic heterocycles. The second-order valence-electron chi connectivity index (χ2n) is 6.42. The van der Waals surface area contributed by atoms with Gasteiger partial charge in [-0.05, 0) is 59.1 Å². The summed E-state index contributed by atoms with van der Waals surface area (Å²) in [6.07, 6.45) is 7.13. The van der Waals surface area contributed by atoms with Gasteiger partial charge in [0, 0.05) is 23.8 Å². The van der Waals surface area contributed by atoms with Crippen molar-refractivity contribution in [1.29, 1.82) is 0 Å². The number of carbonyl (C=O) groups is 1. The molecule has 0 atom stereocenters. The standard InChI is InChI=1S/C19H24BrN3O/c20-17-11-18(21-13-17)19(24)22-12-15-5-7-16(8-6-15)14-23-9-3-1-2-4-10-23/h5-8,11,13,21H,1-4,9-10,12,14H2,(H,22,24). The minimum Gasteiger partial charge on any atom is -0.356 e. The Balaban J connectivity index is 1.49. The second kappa shape index (κ2) is 8.49. The minimum absolute atomic E-state index is 0.0886. The summed E-state index contributed by atoms with van der Waals surface area (Å²) in [5.74, 6) is -0.0886. The highest BCUT2D eigenvalue weighted by Gasteiger charge is 2.10. The highest BCUT2D eigenvalue weighted by molar-refractivity contribution is 9.10. The van der Waals surface area contributed by atoms with E-state index in [4.69, 9.17) is 0 Å². The van der Waals surface area contributed by atoms with Crippen LogP contribution in [0.2, 0.25) is 0 Å². The average molecular weight is 390 g/mol. The number of rotatable bonds is 5. The molecule has 5 heteroatoms. The summed E-state index contributed by atoms with van der Waals surface area (Å²) in [4.78, 5) is 17.5. The maximum Gasteiger partial charge on any atom is 0.267 e. The van der Waals surface area contributed by atoms with Gasteiger partial charge >= 0.3 is 0 Å². The lowest BCUT2D eigenvalue weighted by molar-refractivity contribution is 0.0946. The molecule has 128 valence electrons. The normalized spacial score (nSPS) is 15.9. The van der Waals surface area contributed by atoms with Crippen molar-refractivity contribution in [1.82, 2.24) is 15.2 Å². The van der Waals surface area contributed by atoms with E-state index in [1.165, 1.54) is 44.3 Å². The number of hydrogen-bond donors (Lipinski definition) is 2. The molecule has 1 aromatic carbocycles. The Labute approximate surface area is 151 Å². The zero-order valence-electron chi connectivity index (χ0n) is 13.9. The number of likely N-dealkylation sites (tertiary alicyclic amines) is 1. The first-order valence-electron chi connectivity index (χ1n) is 8.63. The zero-order valence-corrected chi connectivity index (χ0v) is 15.4. The van der Waals surface area contributed by atoms with Crippen molar-refractivity contribution in [3.63, 3.8) is 0 Å². The highest BCUT2D eigenvalue weighted by atomic mass is 79.9. The van der Waals surface area contributed by atoms with E-state index in [1.54, 1.807) is 12.3 Å². The monoisotopic (exact) mass is 389 g/mol. The van der Waals surface area contributed by atoms with Crippen molar-refractivity contribution < 1.29 is 4.79 Å². The van der Waals surface area contributed by atoms with E-state index in [1.807, 2.05) is 0 Å². The number of aromatic amines is 1. The smallest absolute Gasteiger partial charge is 0.267 e. The number of nitrogens with one attached hydrogen (secondary N) is 2. The van der Waals surface area contributed by atoms with Crippen LogP contribution in [0.25, 0.3) is 0 Å². The third-order valence-corrected chi connectivity index (χ3v) is 4.93. The molecular weight excluding hydrogens is 366 g/mol. The molecule has 0 radical (unpaired) electrons. The molecule has 0 saturated carbocycles. The van der Waals surface area contributed by atoms with Crippen molar-refractivity contribution in [2.75, 3.05) is 13.1 Å². The third kappa shape index (κ3) is 4.95. The molecule has 0 bridgehead atoms. The molecule has 1 aliphatic heterocycles. The topological polar surface area (TPSA) is 48.1 Å². The van der Waals surface area contributed by atoms with Gasteiger partial charge in [-0.3, -0.25) is 9.69 Å². The summed E-state index contributed by atoms with van der Waals surface area (Å²) in [6, 6.07) is 10.4. The lowest BCUT2D eigenvalue weighted by atomic mass is 10.1. The molecule has 1 fully saturated rings. The van der Waals surface area contributed by atoms with Gasteiger partial charge in [0.2, 0.25) is 0 Å². The molecule has 1 saturated heterocycles. The fraction of sp³-hybridized carbons (Fsp3) is 0.421. The number of halogens is 1. The maximum absolute atomic E-state index is 12.0. The van der Waals surface area contributed by atoms with Crippen LogP contribution in [0.3, 0.4) is 0 Å². The quantitative estimate of drug-likeness (QED) is 0.808. The van der Waals surface area contributed by atoms with Gasteiger partial charge in [0.1, 0.15) is 5.69 Å². The molecule has 1 aliphatic rings. The molecule has 24 heavy (non-hydrogen) atoms. The van der Waals surface area contributed by atoms with Crippen LogP contribution in [0.5, 0.6) is 0 Å². The predicted molar refractivity (Wildman–Crippen MR) is 99.8 cm³/mol. The predicted octanol–water partition coefficient (Wildman–Crippen LogP) is 4.08. The Hall–Kier alpha value is -1.59. The van der Waals surface area contributed by atoms with Crippen LogP contribution in [0.15, 0.2) is 41.0 Å². The Morgan fingerprint density at radius 2 is 1.75 bits per heavy atom. The van der Waals surface area contributed by atoms with E-state index in [-0.39, 0.29) is 5.91 Å². The molecule has 0 spiro atoms. The van der Waals surface area contributed by atoms with Gasteiger partial charge in [0.25, 0.3) is 5.91 Å². The molecule has 2 N–H and O–H groups in total. The lowest BCUT2D eigenvalue weighted by Gasteiger charge is -2.19. The number of benzene rings is 1. The minimum atomic E-state index is -0.0886. The fourth-order valence-electron chi connectivity index (χ4n) is 3.09. The van der Waals surface area contributed by atoms with Crippen molar-refractivity contribution in [3.05, 3.63) is 57.8 Å². The fourth-order valence-corrected chi connectivity index (χ4v) is 3.43. The number of carbonyl (C=O) groups excluding carboxylic acids is 1. The summed E-state index contributed by atoms with van der Waals surface area (Å²) in [7, 11) is 0. The molecular formula is C19H24BrN3O. The van der Waals surface area contributed by atoms with E-state index < -0.39 is 0 Å². The molecule has 0 aliphatic carbocycles. The molecule has 1 amide bonds. The second-order valence-corrected chi connectivity index (χ2v) is 7.34. The van der Waals surface area contributed by atoms with Crippen molar-refractivity contribution in [2.24, 2.45) is 0 Å². The number of hydrogen-bond acceptors (Lipinski definition) is 2. The summed E-state index contributed by atoms with van der Waals surface area (Å²) in [6.45, 7) is 4.00. The largest absolute Gasteiger partial charge is 0.356 e. The Morgan fingerprint density at radius 3 is 2.38 bits per heavy atom. The summed E-state index contributed by atoms with van der Waals surface area (Å²) < 4.78 is 0.880. The third-order valence-electron chi connectivity index (χ3n) is 4.47. The number of H-pyrrole nitrogens is 1. The van der Waals surface area contributed by atoms with Crippen molar-refractivity contribution in [2.45, 2.75) is 38.8 Å². The van der Waals surface area contributed by atoms with E-state index >= 15 is 0 Å². The van der Waals surface area contributed by atoms with Crippen LogP contribution in [0.4, 0.5) is 0 Å². The molecule has 3 rings (SSSR count). The van der Waals surface area contributed by atoms with Gasteiger partial charge in [-0.1, -0.05) is 37.1 Å². The molecule has 0 unspecified atom stereocenters. The van der Waals surface area contributed by atoms with Crippen LogP contribution < -0.4 is 5.32 Å². The maximum atomic E-state index is 12.0. The summed E-state index contributed by atoms with van der Waals surface area (Å²) >= 11 is 3.33. The van der Waals surface area contributed by atoms with Crippen LogP contribution in [-0.4, -0.2) is 28.9 Å². The van der Waals surface area contributed by atoms with Gasteiger partial charge in [-0.25, -0.2) is 0 Å². The Kier molecular flexibility index (Phi) is 6.10.